The molecule has 0 radical (unpaired) electrons. The molecule has 4 atom stereocenters. The Morgan fingerprint density at radius 2 is 1.90 bits per heavy atom. The molecule has 0 aromatic heterocycles. The molecule has 2 N–H and O–H groups in total. The minimum Gasteiger partial charge on any atom is -0.355 e. The van der Waals surface area contributed by atoms with Gasteiger partial charge in [-0.05, 0) is 23.8 Å². The summed E-state index contributed by atoms with van der Waals surface area (Å²) in [6.45, 7) is 1.04. The third-order valence-corrected chi connectivity index (χ3v) is 5.99. The number of benzene rings is 1. The Hall–Kier alpha value is -3.23. The second-order valence-corrected chi connectivity index (χ2v) is 7.61. The maximum absolute atomic E-state index is 12.7. The number of nitrogens with one attached hydrogen (secondary N) is 2. The Bertz CT molecular complexity index is 882. The number of imide groups is 1. The maximum atomic E-state index is 12.7. The number of allylic oxidation sites excluding steroid dienone is 2. The highest BCUT2D eigenvalue weighted by atomic mass is 16.6. The second-order valence-electron chi connectivity index (χ2n) is 7.61. The predicted octanol–water partition coefficient (Wildman–Crippen LogP) is 1.07. The van der Waals surface area contributed by atoms with Gasteiger partial charge < -0.3 is 10.6 Å². The molecule has 0 spiro atoms. The molecule has 152 valence electrons. The lowest BCUT2D eigenvalue weighted by Crippen LogP contribution is -2.43. The van der Waals surface area contributed by atoms with Crippen LogP contribution in [0.2, 0.25) is 0 Å². The lowest BCUT2D eigenvalue weighted by molar-refractivity contribution is -0.384. The molecule has 1 saturated heterocycles. The lowest BCUT2D eigenvalue weighted by atomic mass is 9.85. The van der Waals surface area contributed by atoms with Gasteiger partial charge in [-0.2, -0.15) is 0 Å². The molecule has 1 heterocycles. The van der Waals surface area contributed by atoms with Gasteiger partial charge in [0.05, 0.1) is 16.8 Å². The summed E-state index contributed by atoms with van der Waals surface area (Å²) in [5.41, 5.74) is 0.787. The van der Waals surface area contributed by atoms with Gasteiger partial charge in [0, 0.05) is 38.8 Å². The molecule has 29 heavy (non-hydrogen) atoms. The number of nitro groups is 1. The van der Waals surface area contributed by atoms with Crippen molar-refractivity contribution in [1.29, 1.82) is 0 Å². The fraction of sp³-hybridized carbons (Fsp3) is 0.450. The molecule has 9 heteroatoms. The summed E-state index contributed by atoms with van der Waals surface area (Å²) in [5.74, 6) is 0.453. The molecule has 1 aromatic carbocycles. The maximum Gasteiger partial charge on any atom is 0.269 e. The highest BCUT2D eigenvalue weighted by molar-refractivity contribution is 6.06. The van der Waals surface area contributed by atoms with Crippen LogP contribution in [-0.2, 0) is 16.1 Å². The molecule has 4 rings (SSSR count). The van der Waals surface area contributed by atoms with Gasteiger partial charge in [-0.1, -0.05) is 24.3 Å². The van der Waals surface area contributed by atoms with Crippen LogP contribution in [0.25, 0.3) is 0 Å². The molecule has 1 aliphatic heterocycles. The molecule has 3 aliphatic rings. The normalized spacial score (nSPS) is 27.5. The van der Waals surface area contributed by atoms with Crippen molar-refractivity contribution in [1.82, 2.24) is 15.5 Å². The average Bonchev–Trinajstić information content (AvgIpc) is 3.40. The first-order valence-electron chi connectivity index (χ1n) is 9.71. The Morgan fingerprint density at radius 3 is 2.52 bits per heavy atom. The summed E-state index contributed by atoms with van der Waals surface area (Å²) in [6, 6.07) is 6.37. The van der Waals surface area contributed by atoms with Crippen molar-refractivity contribution in [3.8, 4) is 0 Å². The molecule has 1 saturated carbocycles. The number of nitro benzene ring substituents is 1. The van der Waals surface area contributed by atoms with Gasteiger partial charge in [0.2, 0.25) is 11.8 Å². The van der Waals surface area contributed by atoms with Crippen LogP contribution in [0, 0.1) is 33.8 Å². The number of rotatable bonds is 6. The van der Waals surface area contributed by atoms with Crippen molar-refractivity contribution in [3.05, 3.63) is 52.1 Å². The third-order valence-electron chi connectivity index (χ3n) is 5.99. The Kier molecular flexibility index (Phi) is 5.04. The van der Waals surface area contributed by atoms with Gasteiger partial charge in [-0.25, -0.2) is 0 Å². The summed E-state index contributed by atoms with van der Waals surface area (Å²) < 4.78 is 0. The first-order chi connectivity index (χ1) is 14.0. The number of non-ortho nitro benzene ring substituents is 1. The van der Waals surface area contributed by atoms with Crippen LogP contribution in [0.15, 0.2) is 41.4 Å². The fourth-order valence-electron chi connectivity index (χ4n) is 4.66. The smallest absolute Gasteiger partial charge is 0.269 e. The number of hydrogen-bond donors (Lipinski definition) is 2. The number of amides is 2. The number of guanidine groups is 1. The summed E-state index contributed by atoms with van der Waals surface area (Å²) in [5, 5.41) is 17.0. The standard InChI is InChI=1S/C20H23N5O4/c1-21-20(23-11-12-3-2-4-15(9-12)25(28)29)22-7-8-24-18(26)16-13-5-6-14(10-13)17(16)19(24)27/h2-6,9,13-14,16-17H,7-8,10-11H2,1H3,(H2,21,22,23). The van der Waals surface area contributed by atoms with Gasteiger partial charge in [0.25, 0.3) is 5.69 Å². The van der Waals surface area contributed by atoms with Crippen molar-refractivity contribution >= 4 is 23.5 Å². The van der Waals surface area contributed by atoms with Crippen molar-refractivity contribution in [3.63, 3.8) is 0 Å². The average molecular weight is 397 g/mol. The molecule has 1 aromatic rings. The van der Waals surface area contributed by atoms with Crippen LogP contribution in [0.4, 0.5) is 5.69 Å². The van der Waals surface area contributed by atoms with E-state index in [1.807, 2.05) is 0 Å². The van der Waals surface area contributed by atoms with E-state index < -0.39 is 4.92 Å². The SMILES string of the molecule is CN=C(NCCN1C(=O)C2C3C=CC(C3)C2C1=O)NCc1cccc([N+](=O)[O-])c1. The molecule has 2 amide bonds. The van der Waals surface area contributed by atoms with E-state index in [0.717, 1.165) is 12.0 Å². The first-order valence-corrected chi connectivity index (χ1v) is 9.71. The molecular weight excluding hydrogens is 374 g/mol. The highest BCUT2D eigenvalue weighted by Crippen LogP contribution is 2.52. The molecule has 2 bridgehead atoms. The van der Waals surface area contributed by atoms with Crippen molar-refractivity contribution in [2.24, 2.45) is 28.7 Å². The van der Waals surface area contributed by atoms with Crippen LogP contribution in [0.3, 0.4) is 0 Å². The van der Waals surface area contributed by atoms with Crippen LogP contribution in [0.1, 0.15) is 12.0 Å². The number of likely N-dealkylation sites (tertiary alicyclic amines) is 1. The summed E-state index contributed by atoms with van der Waals surface area (Å²) in [4.78, 5) is 41.3. The van der Waals surface area contributed by atoms with E-state index in [1.165, 1.54) is 17.0 Å². The minimum atomic E-state index is -0.433. The summed E-state index contributed by atoms with van der Waals surface area (Å²) in [6.07, 6.45) is 5.09. The van der Waals surface area contributed by atoms with Crippen LogP contribution < -0.4 is 10.6 Å². The minimum absolute atomic E-state index is 0.0345. The van der Waals surface area contributed by atoms with Gasteiger partial charge in [0.1, 0.15) is 0 Å². The Balaban J connectivity index is 1.28. The van der Waals surface area contributed by atoms with Crippen molar-refractivity contribution in [2.45, 2.75) is 13.0 Å². The Morgan fingerprint density at radius 1 is 1.21 bits per heavy atom. The van der Waals surface area contributed by atoms with E-state index in [2.05, 4.69) is 27.8 Å². The highest BCUT2D eigenvalue weighted by Gasteiger charge is 2.58. The number of carbonyl (C=O) groups is 2. The van der Waals surface area contributed by atoms with Gasteiger partial charge >= 0.3 is 0 Å². The van der Waals surface area contributed by atoms with Gasteiger partial charge in [0.15, 0.2) is 5.96 Å². The van der Waals surface area contributed by atoms with Crippen LogP contribution in [0.5, 0.6) is 0 Å². The Labute approximate surface area is 168 Å². The monoisotopic (exact) mass is 397 g/mol. The first kappa shape index (κ1) is 19.1. The molecule has 2 fully saturated rings. The quantitative estimate of drug-likeness (QED) is 0.185. The van der Waals surface area contributed by atoms with E-state index >= 15 is 0 Å². The van der Waals surface area contributed by atoms with Crippen LogP contribution in [-0.4, -0.2) is 47.7 Å². The number of nitrogens with zero attached hydrogens (tertiary/aromatic N) is 3. The zero-order valence-electron chi connectivity index (χ0n) is 16.1. The topological polar surface area (TPSA) is 117 Å². The second kappa shape index (κ2) is 7.65. The number of carbonyl (C=O) groups excluding carboxylic acids is 2. The molecular formula is C20H23N5O4. The number of hydrogen-bond acceptors (Lipinski definition) is 5. The fourth-order valence-corrected chi connectivity index (χ4v) is 4.66. The van der Waals surface area contributed by atoms with E-state index in [1.54, 1.807) is 19.2 Å². The lowest BCUT2D eigenvalue weighted by Gasteiger charge is -2.18. The van der Waals surface area contributed by atoms with Crippen molar-refractivity contribution < 1.29 is 14.5 Å². The summed E-state index contributed by atoms with van der Waals surface area (Å²) in [7, 11) is 1.61. The molecule has 4 unspecified atom stereocenters. The van der Waals surface area contributed by atoms with E-state index in [9.17, 15) is 19.7 Å². The molecule has 2 aliphatic carbocycles. The van der Waals surface area contributed by atoms with Crippen LogP contribution >= 0.6 is 0 Å². The van der Waals surface area contributed by atoms with E-state index in [4.69, 9.17) is 0 Å². The number of fused-ring (bicyclic) bond motifs is 5. The van der Waals surface area contributed by atoms with Gasteiger partial charge in [-0.3, -0.25) is 29.6 Å². The largest absolute Gasteiger partial charge is 0.355 e. The number of aliphatic imine (C=N–C) groups is 1. The van der Waals surface area contributed by atoms with E-state index in [0.29, 0.717) is 25.6 Å². The zero-order chi connectivity index (χ0) is 20.5. The zero-order valence-corrected chi connectivity index (χ0v) is 16.1. The molecule has 9 nitrogen and oxygen atoms in total. The summed E-state index contributed by atoms with van der Waals surface area (Å²) >= 11 is 0. The predicted molar refractivity (Wildman–Crippen MR) is 106 cm³/mol. The van der Waals surface area contributed by atoms with Crippen molar-refractivity contribution in [2.75, 3.05) is 20.1 Å². The van der Waals surface area contributed by atoms with E-state index in [-0.39, 0.29) is 41.2 Å². The third kappa shape index (κ3) is 3.48. The van der Waals surface area contributed by atoms with Gasteiger partial charge in [-0.15, -0.1) is 0 Å².